The zero-order chi connectivity index (χ0) is 11.7. The number of hydrogen-bond donors (Lipinski definition) is 2. The Morgan fingerprint density at radius 3 is 2.69 bits per heavy atom. The van der Waals surface area contributed by atoms with Gasteiger partial charge >= 0.3 is 0 Å². The monoisotopic (exact) mass is 221 g/mol. The van der Waals surface area contributed by atoms with Crippen LogP contribution in [0.1, 0.15) is 24.8 Å². The molecule has 1 aromatic carbocycles. The third-order valence-electron chi connectivity index (χ3n) is 3.26. The number of nitrogen functional groups attached to an aromatic ring is 1. The van der Waals surface area contributed by atoms with E-state index in [4.69, 9.17) is 11.1 Å². The predicted octanol–water partition coefficient (Wildman–Crippen LogP) is 2.10. The van der Waals surface area contributed by atoms with Crippen LogP contribution in [0.25, 0.3) is 0 Å². The van der Waals surface area contributed by atoms with Crippen LogP contribution >= 0.6 is 0 Å². The minimum atomic E-state index is -0.420. The second kappa shape index (κ2) is 4.12. The third kappa shape index (κ3) is 1.75. The predicted molar refractivity (Wildman–Crippen MR) is 63.5 cm³/mol. The molecule has 0 heterocycles. The van der Waals surface area contributed by atoms with Crippen LogP contribution in [0.3, 0.4) is 0 Å². The molecular formula is C12H16FN3. The second-order valence-corrected chi connectivity index (χ2v) is 4.24. The van der Waals surface area contributed by atoms with Crippen molar-refractivity contribution < 1.29 is 4.39 Å². The van der Waals surface area contributed by atoms with Crippen molar-refractivity contribution >= 4 is 11.5 Å². The van der Waals surface area contributed by atoms with Gasteiger partial charge in [0, 0.05) is 13.1 Å². The molecule has 0 amide bonds. The Labute approximate surface area is 94.6 Å². The number of anilines is 1. The summed E-state index contributed by atoms with van der Waals surface area (Å²) < 4.78 is 13.6. The minimum Gasteiger partial charge on any atom is -0.384 e. The summed E-state index contributed by atoms with van der Waals surface area (Å²) in [4.78, 5) is 2.03. The number of nitrogens with two attached hydrogens (primary N) is 1. The topological polar surface area (TPSA) is 53.1 Å². The van der Waals surface area contributed by atoms with Gasteiger partial charge < -0.3 is 10.6 Å². The van der Waals surface area contributed by atoms with Crippen molar-refractivity contribution in [2.24, 2.45) is 5.73 Å². The Morgan fingerprint density at radius 1 is 1.50 bits per heavy atom. The molecule has 0 aliphatic heterocycles. The van der Waals surface area contributed by atoms with Gasteiger partial charge in [-0.15, -0.1) is 0 Å². The molecule has 0 unspecified atom stereocenters. The Balaban J connectivity index is 2.38. The van der Waals surface area contributed by atoms with Crippen LogP contribution in [0, 0.1) is 11.2 Å². The van der Waals surface area contributed by atoms with Crippen molar-refractivity contribution in [1.82, 2.24) is 0 Å². The highest BCUT2D eigenvalue weighted by molar-refractivity contribution is 6.00. The lowest BCUT2D eigenvalue weighted by Crippen LogP contribution is -2.38. The van der Waals surface area contributed by atoms with E-state index in [1.54, 1.807) is 6.07 Å². The maximum atomic E-state index is 13.6. The van der Waals surface area contributed by atoms with Crippen LogP contribution in [0.2, 0.25) is 0 Å². The van der Waals surface area contributed by atoms with Crippen LogP contribution in [0.4, 0.5) is 10.1 Å². The standard InChI is InChI=1S/C12H16FN3/c1-16(8-4-2-5-8)10-7-3-6-9(13)11(10)12(14)15/h3,6-8H,2,4-5H2,1H3,(H3,14,15). The number of rotatable bonds is 3. The maximum absolute atomic E-state index is 13.6. The fourth-order valence-corrected chi connectivity index (χ4v) is 2.04. The van der Waals surface area contributed by atoms with E-state index in [-0.39, 0.29) is 11.4 Å². The van der Waals surface area contributed by atoms with Gasteiger partial charge in [0.1, 0.15) is 11.7 Å². The number of hydrogen-bond acceptors (Lipinski definition) is 2. The summed E-state index contributed by atoms with van der Waals surface area (Å²) in [5.74, 6) is -0.629. The number of benzene rings is 1. The van der Waals surface area contributed by atoms with E-state index >= 15 is 0 Å². The molecule has 1 aromatic rings. The van der Waals surface area contributed by atoms with E-state index < -0.39 is 5.82 Å². The molecule has 3 nitrogen and oxygen atoms in total. The average molecular weight is 221 g/mol. The third-order valence-corrected chi connectivity index (χ3v) is 3.26. The molecule has 16 heavy (non-hydrogen) atoms. The average Bonchev–Trinajstić information content (AvgIpc) is 2.13. The molecule has 0 aromatic heterocycles. The van der Waals surface area contributed by atoms with Gasteiger partial charge in [-0.05, 0) is 31.4 Å². The van der Waals surface area contributed by atoms with Gasteiger partial charge in [-0.3, -0.25) is 5.41 Å². The van der Waals surface area contributed by atoms with E-state index in [1.165, 1.54) is 12.5 Å². The molecule has 0 saturated heterocycles. The first kappa shape index (κ1) is 10.9. The lowest BCUT2D eigenvalue weighted by molar-refractivity contribution is 0.400. The van der Waals surface area contributed by atoms with Crippen molar-refractivity contribution in [2.45, 2.75) is 25.3 Å². The van der Waals surface area contributed by atoms with Gasteiger partial charge in [0.25, 0.3) is 0 Å². The zero-order valence-corrected chi connectivity index (χ0v) is 9.33. The van der Waals surface area contributed by atoms with Crippen LogP contribution in [-0.4, -0.2) is 18.9 Å². The molecule has 1 saturated carbocycles. The summed E-state index contributed by atoms with van der Waals surface area (Å²) in [5, 5.41) is 7.44. The quantitative estimate of drug-likeness (QED) is 0.606. The minimum absolute atomic E-state index is 0.209. The van der Waals surface area contributed by atoms with E-state index in [9.17, 15) is 4.39 Å². The van der Waals surface area contributed by atoms with Crippen LogP contribution < -0.4 is 10.6 Å². The molecule has 0 atom stereocenters. The van der Waals surface area contributed by atoms with E-state index in [1.807, 2.05) is 18.0 Å². The van der Waals surface area contributed by atoms with E-state index in [0.29, 0.717) is 6.04 Å². The van der Waals surface area contributed by atoms with Crippen molar-refractivity contribution in [3.8, 4) is 0 Å². The number of nitrogens with zero attached hydrogens (tertiary/aromatic N) is 1. The Kier molecular flexibility index (Phi) is 2.81. The highest BCUT2D eigenvalue weighted by atomic mass is 19.1. The molecule has 86 valence electrons. The molecule has 4 heteroatoms. The Hall–Kier alpha value is -1.58. The van der Waals surface area contributed by atoms with Gasteiger partial charge in [-0.2, -0.15) is 0 Å². The van der Waals surface area contributed by atoms with Crippen molar-refractivity contribution in [1.29, 1.82) is 5.41 Å². The van der Waals surface area contributed by atoms with Crippen molar-refractivity contribution in [2.75, 3.05) is 11.9 Å². The first-order chi connectivity index (χ1) is 7.61. The summed E-state index contributed by atoms with van der Waals surface area (Å²) in [5.41, 5.74) is 6.37. The number of amidine groups is 1. The molecule has 2 rings (SSSR count). The summed E-state index contributed by atoms with van der Waals surface area (Å²) in [6, 6.07) is 5.28. The first-order valence-corrected chi connectivity index (χ1v) is 5.47. The normalized spacial score (nSPS) is 15.6. The smallest absolute Gasteiger partial charge is 0.136 e. The van der Waals surface area contributed by atoms with E-state index in [2.05, 4.69) is 0 Å². The van der Waals surface area contributed by atoms with Crippen LogP contribution in [-0.2, 0) is 0 Å². The largest absolute Gasteiger partial charge is 0.384 e. The molecule has 0 radical (unpaired) electrons. The molecule has 0 bridgehead atoms. The van der Waals surface area contributed by atoms with Crippen molar-refractivity contribution in [3.63, 3.8) is 0 Å². The second-order valence-electron chi connectivity index (χ2n) is 4.24. The Morgan fingerprint density at radius 2 is 2.19 bits per heavy atom. The maximum Gasteiger partial charge on any atom is 0.136 e. The first-order valence-electron chi connectivity index (χ1n) is 5.47. The summed E-state index contributed by atoms with van der Waals surface area (Å²) >= 11 is 0. The molecule has 1 fully saturated rings. The van der Waals surface area contributed by atoms with Gasteiger partial charge in [-0.1, -0.05) is 6.07 Å². The molecule has 3 N–H and O–H groups in total. The highest BCUT2D eigenvalue weighted by Gasteiger charge is 2.25. The number of nitrogens with one attached hydrogen (secondary N) is 1. The van der Waals surface area contributed by atoms with Gasteiger partial charge in [0.05, 0.1) is 11.3 Å². The van der Waals surface area contributed by atoms with Crippen molar-refractivity contribution in [3.05, 3.63) is 29.6 Å². The summed E-state index contributed by atoms with van der Waals surface area (Å²) in [6.07, 6.45) is 3.48. The van der Waals surface area contributed by atoms with Crippen LogP contribution in [0.5, 0.6) is 0 Å². The fraction of sp³-hybridized carbons (Fsp3) is 0.417. The molecule has 1 aliphatic rings. The van der Waals surface area contributed by atoms with Gasteiger partial charge in [0.15, 0.2) is 0 Å². The lowest BCUT2D eigenvalue weighted by atomic mass is 9.91. The van der Waals surface area contributed by atoms with E-state index in [0.717, 1.165) is 18.5 Å². The SMILES string of the molecule is CN(c1cccc(F)c1C(=N)N)C1CCC1. The lowest BCUT2D eigenvalue weighted by Gasteiger charge is -2.37. The molecular weight excluding hydrogens is 205 g/mol. The zero-order valence-electron chi connectivity index (χ0n) is 9.33. The fourth-order valence-electron chi connectivity index (χ4n) is 2.04. The van der Waals surface area contributed by atoms with Gasteiger partial charge in [0.2, 0.25) is 0 Å². The highest BCUT2D eigenvalue weighted by Crippen LogP contribution is 2.31. The summed E-state index contributed by atoms with van der Waals surface area (Å²) in [7, 11) is 1.94. The van der Waals surface area contributed by atoms with Crippen LogP contribution in [0.15, 0.2) is 18.2 Å². The number of halogens is 1. The molecule has 1 aliphatic carbocycles. The Bertz CT molecular complexity index is 413. The molecule has 0 spiro atoms. The van der Waals surface area contributed by atoms with Gasteiger partial charge in [-0.25, -0.2) is 4.39 Å². The summed E-state index contributed by atoms with van der Waals surface area (Å²) in [6.45, 7) is 0.